The molecule has 1 rings (SSSR count). The fraction of sp³-hybridized carbons (Fsp3) is 0.700. The van der Waals surface area contributed by atoms with E-state index in [1.54, 1.807) is 6.08 Å². The summed E-state index contributed by atoms with van der Waals surface area (Å²) < 4.78 is 0. The molecule has 0 aliphatic carbocycles. The maximum Gasteiger partial charge on any atom is 0.226 e. The van der Waals surface area contributed by atoms with Crippen LogP contribution in [0.25, 0.3) is 0 Å². The van der Waals surface area contributed by atoms with Crippen molar-refractivity contribution < 1.29 is 4.79 Å². The number of rotatable bonds is 2. The molecule has 2 atom stereocenters. The van der Waals surface area contributed by atoms with Gasteiger partial charge in [-0.1, -0.05) is 13.0 Å². The normalized spacial score (nSPS) is 28.6. The van der Waals surface area contributed by atoms with Crippen LogP contribution in [0.5, 0.6) is 0 Å². The van der Waals surface area contributed by atoms with Crippen LogP contribution in [0.3, 0.4) is 0 Å². The largest absolute Gasteiger partial charge is 0.341 e. The third-order valence-corrected chi connectivity index (χ3v) is 2.69. The van der Waals surface area contributed by atoms with E-state index in [-0.39, 0.29) is 11.9 Å². The lowest BCUT2D eigenvalue weighted by Crippen LogP contribution is -2.49. The van der Waals surface area contributed by atoms with Gasteiger partial charge in [0.1, 0.15) is 0 Å². The molecule has 13 heavy (non-hydrogen) atoms. The van der Waals surface area contributed by atoms with E-state index in [9.17, 15) is 4.79 Å². The number of likely N-dealkylation sites (tertiary alicyclic amines) is 1. The van der Waals surface area contributed by atoms with E-state index in [0.717, 1.165) is 13.0 Å². The summed E-state index contributed by atoms with van der Waals surface area (Å²) >= 11 is 0. The average Bonchev–Trinajstić information content (AvgIpc) is 2.10. The maximum absolute atomic E-state index is 11.4. The van der Waals surface area contributed by atoms with Crippen LogP contribution in [-0.2, 0) is 4.79 Å². The number of nitrogens with two attached hydrogens (primary N) is 1. The van der Waals surface area contributed by atoms with Gasteiger partial charge in [0.2, 0.25) is 5.91 Å². The number of carbonyl (C=O) groups is 1. The number of amides is 1. The van der Waals surface area contributed by atoms with Crippen molar-refractivity contribution in [1.82, 2.24) is 4.90 Å². The molecule has 74 valence electrons. The molecule has 0 saturated carbocycles. The smallest absolute Gasteiger partial charge is 0.226 e. The summed E-state index contributed by atoms with van der Waals surface area (Å²) in [6.45, 7) is 7.24. The Hall–Kier alpha value is -0.830. The van der Waals surface area contributed by atoms with Crippen molar-refractivity contribution in [1.29, 1.82) is 0 Å². The van der Waals surface area contributed by atoms with E-state index in [1.165, 1.54) is 0 Å². The number of hydrogen-bond donors (Lipinski definition) is 1. The third-order valence-electron chi connectivity index (χ3n) is 2.69. The summed E-state index contributed by atoms with van der Waals surface area (Å²) in [5, 5.41) is 0. The molecule has 3 heteroatoms. The first-order chi connectivity index (χ1) is 6.15. The van der Waals surface area contributed by atoms with Gasteiger partial charge in [-0.3, -0.25) is 4.79 Å². The molecule has 0 bridgehead atoms. The first kappa shape index (κ1) is 10.3. The van der Waals surface area contributed by atoms with E-state index in [0.29, 0.717) is 18.9 Å². The number of carbonyl (C=O) groups excluding carboxylic acids is 1. The highest BCUT2D eigenvalue weighted by Gasteiger charge is 2.25. The molecule has 0 aromatic carbocycles. The lowest BCUT2D eigenvalue weighted by Gasteiger charge is -2.34. The Labute approximate surface area is 79.6 Å². The Morgan fingerprint density at radius 2 is 2.46 bits per heavy atom. The molecule has 0 radical (unpaired) electrons. The average molecular weight is 182 g/mol. The first-order valence-corrected chi connectivity index (χ1v) is 4.79. The van der Waals surface area contributed by atoms with Crippen molar-refractivity contribution in [3.8, 4) is 0 Å². The van der Waals surface area contributed by atoms with Crippen molar-refractivity contribution in [2.75, 3.05) is 13.1 Å². The molecule has 0 aromatic heterocycles. The molecule has 1 amide bonds. The lowest BCUT2D eigenvalue weighted by atomic mass is 9.94. The van der Waals surface area contributed by atoms with Crippen LogP contribution in [0, 0.1) is 5.92 Å². The minimum atomic E-state index is 0.141. The predicted molar refractivity (Wildman–Crippen MR) is 53.2 cm³/mol. The molecular weight excluding hydrogens is 164 g/mol. The molecule has 1 heterocycles. The van der Waals surface area contributed by atoms with Gasteiger partial charge in [0, 0.05) is 25.6 Å². The molecule has 0 aromatic rings. The molecule has 0 spiro atoms. The summed E-state index contributed by atoms with van der Waals surface area (Å²) in [6.07, 6.45) is 3.09. The summed E-state index contributed by atoms with van der Waals surface area (Å²) in [5.41, 5.74) is 5.88. The molecule has 2 N–H and O–H groups in total. The maximum atomic E-state index is 11.4. The molecule has 2 unspecified atom stereocenters. The standard InChI is InChI=1S/C10H18N2O/c1-3-4-10(13)12-6-5-8(2)9(11)7-12/h3,8-9H,1,4-7,11H2,2H3. The van der Waals surface area contributed by atoms with Gasteiger partial charge in [0.25, 0.3) is 0 Å². The minimum absolute atomic E-state index is 0.141. The monoisotopic (exact) mass is 182 g/mol. The summed E-state index contributed by atoms with van der Waals surface area (Å²) in [7, 11) is 0. The summed E-state index contributed by atoms with van der Waals surface area (Å²) in [6, 6.07) is 0.141. The minimum Gasteiger partial charge on any atom is -0.341 e. The Bertz CT molecular complexity index is 203. The Kier molecular flexibility index (Phi) is 3.48. The molecule has 1 aliphatic rings. The second-order valence-corrected chi connectivity index (χ2v) is 3.76. The van der Waals surface area contributed by atoms with E-state index in [2.05, 4.69) is 13.5 Å². The van der Waals surface area contributed by atoms with Crippen molar-refractivity contribution in [2.45, 2.75) is 25.8 Å². The van der Waals surface area contributed by atoms with E-state index < -0.39 is 0 Å². The van der Waals surface area contributed by atoms with E-state index in [4.69, 9.17) is 5.73 Å². The number of hydrogen-bond acceptors (Lipinski definition) is 2. The van der Waals surface area contributed by atoms with Gasteiger partial charge in [0.05, 0.1) is 0 Å². The number of nitrogens with zero attached hydrogens (tertiary/aromatic N) is 1. The second kappa shape index (κ2) is 4.42. The van der Waals surface area contributed by atoms with Gasteiger partial charge in [-0.2, -0.15) is 0 Å². The molecule has 3 nitrogen and oxygen atoms in total. The predicted octanol–water partition coefficient (Wildman–Crippen LogP) is 0.758. The van der Waals surface area contributed by atoms with Crippen molar-refractivity contribution >= 4 is 5.91 Å². The Morgan fingerprint density at radius 3 is 3.00 bits per heavy atom. The highest BCUT2D eigenvalue weighted by molar-refractivity contribution is 5.77. The second-order valence-electron chi connectivity index (χ2n) is 3.76. The zero-order chi connectivity index (χ0) is 9.84. The highest BCUT2D eigenvalue weighted by atomic mass is 16.2. The molecular formula is C10H18N2O. The Morgan fingerprint density at radius 1 is 1.77 bits per heavy atom. The molecule has 1 aliphatic heterocycles. The van der Waals surface area contributed by atoms with Crippen LogP contribution < -0.4 is 5.73 Å². The van der Waals surface area contributed by atoms with Crippen LogP contribution in [0.15, 0.2) is 12.7 Å². The van der Waals surface area contributed by atoms with Crippen molar-refractivity contribution in [3.05, 3.63) is 12.7 Å². The first-order valence-electron chi connectivity index (χ1n) is 4.79. The molecule has 1 fully saturated rings. The quantitative estimate of drug-likeness (QED) is 0.641. The van der Waals surface area contributed by atoms with Crippen LogP contribution in [0.2, 0.25) is 0 Å². The van der Waals surface area contributed by atoms with Crippen molar-refractivity contribution in [2.24, 2.45) is 11.7 Å². The van der Waals surface area contributed by atoms with Crippen LogP contribution >= 0.6 is 0 Å². The Balaban J connectivity index is 2.45. The van der Waals surface area contributed by atoms with Crippen LogP contribution in [0.4, 0.5) is 0 Å². The fourth-order valence-electron chi connectivity index (χ4n) is 1.58. The summed E-state index contributed by atoms with van der Waals surface area (Å²) in [5.74, 6) is 0.685. The number of piperidine rings is 1. The van der Waals surface area contributed by atoms with Gasteiger partial charge in [0.15, 0.2) is 0 Å². The third kappa shape index (κ3) is 2.56. The van der Waals surface area contributed by atoms with Crippen molar-refractivity contribution in [3.63, 3.8) is 0 Å². The van der Waals surface area contributed by atoms with Crippen LogP contribution in [0.1, 0.15) is 19.8 Å². The zero-order valence-electron chi connectivity index (χ0n) is 8.20. The highest BCUT2D eigenvalue weighted by Crippen LogP contribution is 2.15. The fourth-order valence-corrected chi connectivity index (χ4v) is 1.58. The summed E-state index contributed by atoms with van der Waals surface area (Å²) in [4.78, 5) is 13.3. The lowest BCUT2D eigenvalue weighted by molar-refractivity contribution is -0.131. The van der Waals surface area contributed by atoms with E-state index >= 15 is 0 Å². The van der Waals surface area contributed by atoms with Gasteiger partial charge >= 0.3 is 0 Å². The van der Waals surface area contributed by atoms with Crippen LogP contribution in [-0.4, -0.2) is 29.9 Å². The van der Waals surface area contributed by atoms with Gasteiger partial charge in [-0.15, -0.1) is 6.58 Å². The van der Waals surface area contributed by atoms with Gasteiger partial charge < -0.3 is 10.6 Å². The molecule has 1 saturated heterocycles. The topological polar surface area (TPSA) is 46.3 Å². The van der Waals surface area contributed by atoms with Gasteiger partial charge in [-0.05, 0) is 12.3 Å². The van der Waals surface area contributed by atoms with Gasteiger partial charge in [-0.25, -0.2) is 0 Å². The SMILES string of the molecule is C=CCC(=O)N1CCC(C)C(N)C1. The van der Waals surface area contributed by atoms with E-state index in [1.807, 2.05) is 4.90 Å². The zero-order valence-corrected chi connectivity index (χ0v) is 8.20.